The molecule has 0 aromatic heterocycles. The lowest BCUT2D eigenvalue weighted by Crippen LogP contribution is -2.34. The van der Waals surface area contributed by atoms with Crippen LogP contribution in [0.25, 0.3) is 0 Å². The molecular formula is C23H30N2O3S. The van der Waals surface area contributed by atoms with Crippen LogP contribution in [0.2, 0.25) is 0 Å². The zero-order valence-electron chi connectivity index (χ0n) is 17.5. The molecule has 0 aliphatic carbocycles. The molecule has 0 radical (unpaired) electrons. The van der Waals surface area contributed by atoms with Gasteiger partial charge in [-0.1, -0.05) is 39.8 Å². The predicted octanol–water partition coefficient (Wildman–Crippen LogP) is 5.27. The second-order valence-corrected chi connectivity index (χ2v) is 8.07. The summed E-state index contributed by atoms with van der Waals surface area (Å²) in [6.45, 7) is 9.74. The summed E-state index contributed by atoms with van der Waals surface area (Å²) in [6.07, 6.45) is 0.991. The van der Waals surface area contributed by atoms with Gasteiger partial charge in [-0.05, 0) is 66.9 Å². The molecule has 0 unspecified atom stereocenters. The Balaban J connectivity index is 1.90. The molecule has 0 aliphatic heterocycles. The third kappa shape index (κ3) is 8.11. The number of benzene rings is 2. The van der Waals surface area contributed by atoms with Crippen molar-refractivity contribution in [2.75, 3.05) is 18.5 Å². The summed E-state index contributed by atoms with van der Waals surface area (Å²) in [7, 11) is 0. The molecule has 0 spiro atoms. The molecule has 29 heavy (non-hydrogen) atoms. The zero-order chi connectivity index (χ0) is 21.2. The molecule has 0 saturated carbocycles. The van der Waals surface area contributed by atoms with Crippen molar-refractivity contribution in [2.24, 2.45) is 11.8 Å². The van der Waals surface area contributed by atoms with E-state index in [1.54, 1.807) is 24.3 Å². The number of carbonyl (C=O) groups excluding carboxylic acids is 1. The van der Waals surface area contributed by atoms with Crippen LogP contribution in [0.3, 0.4) is 0 Å². The number of ether oxygens (including phenoxy) is 2. The number of carbonyl (C=O) groups is 1. The summed E-state index contributed by atoms with van der Waals surface area (Å²) in [5.41, 5.74) is 1.22. The molecule has 5 nitrogen and oxygen atoms in total. The lowest BCUT2D eigenvalue weighted by atomic mass is 10.1. The van der Waals surface area contributed by atoms with E-state index in [0.717, 1.165) is 12.2 Å². The van der Waals surface area contributed by atoms with Gasteiger partial charge in [0.05, 0.1) is 18.9 Å². The zero-order valence-corrected chi connectivity index (χ0v) is 18.3. The van der Waals surface area contributed by atoms with Crippen LogP contribution in [0.1, 0.15) is 44.5 Å². The summed E-state index contributed by atoms with van der Waals surface area (Å²) in [4.78, 5) is 12.4. The Kier molecular flexibility index (Phi) is 8.93. The van der Waals surface area contributed by atoms with E-state index < -0.39 is 0 Å². The minimum Gasteiger partial charge on any atom is -0.494 e. The second-order valence-electron chi connectivity index (χ2n) is 7.66. The summed E-state index contributed by atoms with van der Waals surface area (Å²) in [5.74, 6) is 2.16. The highest BCUT2D eigenvalue weighted by Crippen LogP contribution is 2.24. The van der Waals surface area contributed by atoms with Gasteiger partial charge in [0.2, 0.25) is 0 Å². The van der Waals surface area contributed by atoms with E-state index in [1.807, 2.05) is 24.3 Å². The number of anilines is 1. The number of thiocarbonyl (C=S) groups is 1. The van der Waals surface area contributed by atoms with Crippen LogP contribution < -0.4 is 20.1 Å². The maximum Gasteiger partial charge on any atom is 0.257 e. The van der Waals surface area contributed by atoms with Gasteiger partial charge in [0.1, 0.15) is 11.5 Å². The Morgan fingerprint density at radius 3 is 2.31 bits per heavy atom. The fraction of sp³-hybridized carbons (Fsp3) is 0.391. The lowest BCUT2D eigenvalue weighted by Gasteiger charge is -2.15. The molecule has 2 aromatic rings. The number of para-hydroxylation sites is 2. The largest absolute Gasteiger partial charge is 0.494 e. The van der Waals surface area contributed by atoms with E-state index in [9.17, 15) is 4.79 Å². The monoisotopic (exact) mass is 414 g/mol. The Bertz CT molecular complexity index is 804. The number of hydrogen-bond donors (Lipinski definition) is 2. The van der Waals surface area contributed by atoms with Crippen LogP contribution >= 0.6 is 12.2 Å². The van der Waals surface area contributed by atoms with Crippen molar-refractivity contribution in [1.29, 1.82) is 0 Å². The van der Waals surface area contributed by atoms with E-state index in [-0.39, 0.29) is 11.0 Å². The molecule has 2 rings (SSSR count). The second kappa shape index (κ2) is 11.4. The first-order valence-electron chi connectivity index (χ1n) is 9.92. The summed E-state index contributed by atoms with van der Waals surface area (Å²) < 4.78 is 11.5. The normalized spacial score (nSPS) is 10.7. The molecule has 2 N–H and O–H groups in total. The van der Waals surface area contributed by atoms with Crippen LogP contribution in [0, 0.1) is 11.8 Å². The number of nitrogens with one attached hydrogen (secondary N) is 2. The highest BCUT2D eigenvalue weighted by atomic mass is 32.1. The molecule has 0 aliphatic rings. The van der Waals surface area contributed by atoms with Crippen LogP contribution in [-0.2, 0) is 0 Å². The summed E-state index contributed by atoms with van der Waals surface area (Å²) >= 11 is 5.29. The molecule has 0 atom stereocenters. The molecule has 156 valence electrons. The topological polar surface area (TPSA) is 59.6 Å². The fourth-order valence-electron chi connectivity index (χ4n) is 2.40. The van der Waals surface area contributed by atoms with Gasteiger partial charge in [-0.2, -0.15) is 0 Å². The first kappa shape index (κ1) is 22.7. The fourth-order valence-corrected chi connectivity index (χ4v) is 2.60. The van der Waals surface area contributed by atoms with Crippen LogP contribution in [0.15, 0.2) is 48.5 Å². The molecule has 2 aromatic carbocycles. The van der Waals surface area contributed by atoms with Crippen molar-refractivity contribution < 1.29 is 14.3 Å². The molecule has 0 saturated heterocycles. The molecule has 0 bridgehead atoms. The number of hydrogen-bond acceptors (Lipinski definition) is 4. The number of rotatable bonds is 9. The van der Waals surface area contributed by atoms with E-state index in [1.165, 1.54) is 0 Å². The maximum absolute atomic E-state index is 12.4. The third-order valence-corrected chi connectivity index (χ3v) is 4.22. The van der Waals surface area contributed by atoms with Gasteiger partial charge >= 0.3 is 0 Å². The van der Waals surface area contributed by atoms with Gasteiger partial charge in [0.25, 0.3) is 5.91 Å². The Morgan fingerprint density at radius 2 is 1.66 bits per heavy atom. The van der Waals surface area contributed by atoms with Crippen molar-refractivity contribution in [2.45, 2.75) is 34.1 Å². The van der Waals surface area contributed by atoms with Crippen LogP contribution in [0.4, 0.5) is 5.69 Å². The summed E-state index contributed by atoms with van der Waals surface area (Å²) in [6, 6.07) is 14.5. The standard InChI is InChI=1S/C23H30N2O3S/c1-16(2)13-14-27-19-11-9-18(10-12-19)22(26)25-23(29)24-20-7-5-6-8-21(20)28-15-17(3)4/h5-12,16-17H,13-15H2,1-4H3,(H2,24,25,26,29). The quantitative estimate of drug-likeness (QED) is 0.547. The first-order chi connectivity index (χ1) is 13.8. The van der Waals surface area contributed by atoms with Crippen molar-refractivity contribution in [3.8, 4) is 11.5 Å². The van der Waals surface area contributed by atoms with E-state index in [2.05, 4.69) is 38.3 Å². The van der Waals surface area contributed by atoms with Crippen molar-refractivity contribution in [3.05, 3.63) is 54.1 Å². The minimum absolute atomic E-state index is 0.216. The average molecular weight is 415 g/mol. The van der Waals surface area contributed by atoms with Gasteiger partial charge in [-0.15, -0.1) is 0 Å². The molecule has 0 fully saturated rings. The molecule has 0 heterocycles. The highest BCUT2D eigenvalue weighted by molar-refractivity contribution is 7.80. The Labute approximate surface area is 178 Å². The van der Waals surface area contributed by atoms with Gasteiger partial charge < -0.3 is 14.8 Å². The average Bonchev–Trinajstić information content (AvgIpc) is 2.67. The molecular weight excluding hydrogens is 384 g/mol. The van der Waals surface area contributed by atoms with Gasteiger partial charge in [0, 0.05) is 5.56 Å². The first-order valence-corrected chi connectivity index (χ1v) is 10.3. The van der Waals surface area contributed by atoms with Gasteiger partial charge in [0.15, 0.2) is 5.11 Å². The maximum atomic E-state index is 12.4. The smallest absolute Gasteiger partial charge is 0.257 e. The molecule has 1 amide bonds. The highest BCUT2D eigenvalue weighted by Gasteiger charge is 2.11. The van der Waals surface area contributed by atoms with Crippen molar-refractivity contribution in [3.63, 3.8) is 0 Å². The van der Waals surface area contributed by atoms with E-state index in [4.69, 9.17) is 21.7 Å². The van der Waals surface area contributed by atoms with Gasteiger partial charge in [-0.25, -0.2) is 0 Å². The Hall–Kier alpha value is -2.60. The summed E-state index contributed by atoms with van der Waals surface area (Å²) in [5, 5.41) is 5.95. The Morgan fingerprint density at radius 1 is 0.966 bits per heavy atom. The van der Waals surface area contributed by atoms with Crippen molar-refractivity contribution in [1.82, 2.24) is 5.32 Å². The van der Waals surface area contributed by atoms with Crippen LogP contribution in [0.5, 0.6) is 11.5 Å². The number of amides is 1. The van der Waals surface area contributed by atoms with E-state index >= 15 is 0 Å². The minimum atomic E-state index is -0.281. The van der Waals surface area contributed by atoms with Crippen LogP contribution in [-0.4, -0.2) is 24.2 Å². The SMILES string of the molecule is CC(C)CCOc1ccc(C(=O)NC(=S)Nc2ccccc2OCC(C)C)cc1. The lowest BCUT2D eigenvalue weighted by molar-refractivity contribution is 0.0977. The molecule has 6 heteroatoms. The predicted molar refractivity (Wildman–Crippen MR) is 122 cm³/mol. The van der Waals surface area contributed by atoms with Crippen molar-refractivity contribution >= 4 is 28.9 Å². The third-order valence-electron chi connectivity index (χ3n) is 4.01. The van der Waals surface area contributed by atoms with Gasteiger partial charge in [-0.3, -0.25) is 10.1 Å². The van der Waals surface area contributed by atoms with E-state index in [0.29, 0.717) is 42.0 Å².